The van der Waals surface area contributed by atoms with Crippen molar-refractivity contribution in [3.63, 3.8) is 0 Å². The predicted molar refractivity (Wildman–Crippen MR) is 87.1 cm³/mol. The van der Waals surface area contributed by atoms with Crippen molar-refractivity contribution in [2.45, 2.75) is 52.0 Å². The minimum atomic E-state index is 0.715. The molecule has 0 radical (unpaired) electrons. The minimum absolute atomic E-state index is 0.715. The number of hydrogen-bond acceptors (Lipinski definition) is 3. The van der Waals surface area contributed by atoms with Gasteiger partial charge in [-0.25, -0.2) is 0 Å². The molecule has 0 aromatic heterocycles. The van der Waals surface area contributed by atoms with Gasteiger partial charge in [-0.05, 0) is 38.3 Å². The average Bonchev–Trinajstić information content (AvgIpc) is 2.46. The third-order valence-corrected chi connectivity index (χ3v) is 5.29. The second-order valence-electron chi connectivity index (χ2n) is 7.31. The molecule has 0 spiro atoms. The Morgan fingerprint density at radius 1 is 1.00 bits per heavy atom. The molecule has 20 heavy (non-hydrogen) atoms. The Morgan fingerprint density at radius 2 is 1.65 bits per heavy atom. The van der Waals surface area contributed by atoms with E-state index in [1.54, 1.807) is 0 Å². The van der Waals surface area contributed by atoms with Crippen LogP contribution in [0.5, 0.6) is 0 Å². The molecule has 1 heterocycles. The average molecular weight is 281 g/mol. The first kappa shape index (κ1) is 16.3. The Labute approximate surface area is 126 Å². The molecule has 2 aliphatic rings. The highest BCUT2D eigenvalue weighted by atomic mass is 15.3. The summed E-state index contributed by atoms with van der Waals surface area (Å²) < 4.78 is 0. The molecule has 1 aliphatic carbocycles. The largest absolute Gasteiger partial charge is 0.315 e. The molecular weight excluding hydrogens is 246 g/mol. The lowest BCUT2D eigenvalue weighted by Crippen LogP contribution is -2.54. The van der Waals surface area contributed by atoms with Crippen molar-refractivity contribution in [3.8, 4) is 0 Å². The van der Waals surface area contributed by atoms with E-state index in [4.69, 9.17) is 0 Å². The van der Waals surface area contributed by atoms with Gasteiger partial charge in [0, 0.05) is 38.8 Å². The van der Waals surface area contributed by atoms with Gasteiger partial charge < -0.3 is 10.2 Å². The number of nitrogens with one attached hydrogen (secondary N) is 1. The van der Waals surface area contributed by atoms with Crippen LogP contribution in [0.25, 0.3) is 0 Å². The van der Waals surface area contributed by atoms with Crippen LogP contribution >= 0.6 is 0 Å². The van der Waals surface area contributed by atoms with Crippen molar-refractivity contribution in [2.75, 3.05) is 46.3 Å². The molecule has 0 aromatic rings. The van der Waals surface area contributed by atoms with Gasteiger partial charge in [-0.1, -0.05) is 33.1 Å². The van der Waals surface area contributed by atoms with Gasteiger partial charge in [0.25, 0.3) is 0 Å². The second kappa shape index (κ2) is 8.35. The maximum Gasteiger partial charge on any atom is 0.0244 e. The van der Waals surface area contributed by atoms with Crippen LogP contribution in [0, 0.1) is 11.8 Å². The van der Waals surface area contributed by atoms with Crippen molar-refractivity contribution in [3.05, 3.63) is 0 Å². The first-order valence-electron chi connectivity index (χ1n) is 8.80. The Kier molecular flexibility index (Phi) is 6.79. The number of hydrogen-bond donors (Lipinski definition) is 1. The quantitative estimate of drug-likeness (QED) is 0.807. The summed E-state index contributed by atoms with van der Waals surface area (Å²) in [5.74, 6) is 1.70. The molecule has 3 heteroatoms. The molecular formula is C17H35N3. The van der Waals surface area contributed by atoms with E-state index in [9.17, 15) is 0 Å². The number of piperazine rings is 1. The molecule has 1 atom stereocenters. The van der Waals surface area contributed by atoms with E-state index >= 15 is 0 Å². The predicted octanol–water partition coefficient (Wildman–Crippen LogP) is 2.43. The molecule has 1 saturated carbocycles. The monoisotopic (exact) mass is 281 g/mol. The lowest BCUT2D eigenvalue weighted by atomic mass is 9.89. The highest BCUT2D eigenvalue weighted by molar-refractivity contribution is 4.82. The van der Waals surface area contributed by atoms with E-state index in [2.05, 4.69) is 36.0 Å². The Morgan fingerprint density at radius 3 is 2.25 bits per heavy atom. The van der Waals surface area contributed by atoms with Crippen molar-refractivity contribution < 1.29 is 0 Å². The molecule has 2 rings (SSSR count). The molecule has 1 N–H and O–H groups in total. The number of rotatable bonds is 6. The number of likely N-dealkylation sites (N-methyl/N-ethyl adjacent to an activating group) is 1. The van der Waals surface area contributed by atoms with Crippen molar-refractivity contribution in [1.82, 2.24) is 15.1 Å². The third-order valence-electron chi connectivity index (χ3n) is 5.29. The molecule has 1 saturated heterocycles. The maximum absolute atomic E-state index is 3.79. The molecule has 1 unspecified atom stereocenters. The zero-order valence-electron chi connectivity index (χ0n) is 13.9. The van der Waals surface area contributed by atoms with E-state index in [-0.39, 0.29) is 0 Å². The summed E-state index contributed by atoms with van der Waals surface area (Å²) in [6.07, 6.45) is 7.28. The van der Waals surface area contributed by atoms with Crippen LogP contribution in [-0.4, -0.2) is 62.2 Å². The van der Waals surface area contributed by atoms with Gasteiger partial charge in [-0.3, -0.25) is 4.90 Å². The highest BCUT2D eigenvalue weighted by Gasteiger charge is 2.25. The topological polar surface area (TPSA) is 18.5 Å². The smallest absolute Gasteiger partial charge is 0.0244 e. The van der Waals surface area contributed by atoms with Crippen LogP contribution in [0.1, 0.15) is 46.0 Å². The van der Waals surface area contributed by atoms with Crippen molar-refractivity contribution in [2.24, 2.45) is 11.8 Å². The van der Waals surface area contributed by atoms with Crippen LogP contribution in [0.2, 0.25) is 0 Å². The molecule has 1 aliphatic heterocycles. The lowest BCUT2D eigenvalue weighted by Gasteiger charge is -2.40. The summed E-state index contributed by atoms with van der Waals surface area (Å²) in [4.78, 5) is 5.15. The zero-order valence-corrected chi connectivity index (χ0v) is 13.9. The lowest BCUT2D eigenvalue weighted by molar-refractivity contribution is 0.0868. The summed E-state index contributed by atoms with van der Waals surface area (Å²) in [6.45, 7) is 12.1. The molecule has 2 fully saturated rings. The van der Waals surface area contributed by atoms with Gasteiger partial charge in [0.05, 0.1) is 0 Å². The summed E-state index contributed by atoms with van der Waals surface area (Å²) in [7, 11) is 2.24. The normalized spacial score (nSPS) is 25.2. The van der Waals surface area contributed by atoms with E-state index in [1.807, 2.05) is 0 Å². The zero-order chi connectivity index (χ0) is 14.4. The third kappa shape index (κ3) is 5.01. The molecule has 118 valence electrons. The van der Waals surface area contributed by atoms with Gasteiger partial charge >= 0.3 is 0 Å². The number of nitrogens with zero attached hydrogens (tertiary/aromatic N) is 2. The van der Waals surface area contributed by atoms with Crippen LogP contribution < -0.4 is 5.32 Å². The van der Waals surface area contributed by atoms with E-state index < -0.39 is 0 Å². The van der Waals surface area contributed by atoms with Gasteiger partial charge in [0.2, 0.25) is 0 Å². The molecule has 3 nitrogen and oxygen atoms in total. The van der Waals surface area contributed by atoms with Gasteiger partial charge in [-0.15, -0.1) is 0 Å². The van der Waals surface area contributed by atoms with Crippen LogP contribution in [-0.2, 0) is 0 Å². The second-order valence-corrected chi connectivity index (χ2v) is 7.31. The summed E-state index contributed by atoms with van der Waals surface area (Å²) >= 11 is 0. The Bertz CT molecular complexity index is 253. The first-order chi connectivity index (χ1) is 9.66. The Balaban J connectivity index is 1.71. The van der Waals surface area contributed by atoms with E-state index in [0.717, 1.165) is 11.8 Å². The summed E-state index contributed by atoms with van der Waals surface area (Å²) in [5, 5.41) is 3.79. The van der Waals surface area contributed by atoms with Crippen LogP contribution in [0.3, 0.4) is 0 Å². The minimum Gasteiger partial charge on any atom is -0.315 e. The SMILES string of the molecule is CC(C)C(CNCC1CCCCC1)N1CCN(C)CC1. The molecule has 0 aromatic carbocycles. The highest BCUT2D eigenvalue weighted by Crippen LogP contribution is 2.23. The fourth-order valence-electron chi connectivity index (χ4n) is 3.77. The first-order valence-corrected chi connectivity index (χ1v) is 8.80. The summed E-state index contributed by atoms with van der Waals surface area (Å²) in [5.41, 5.74) is 0. The van der Waals surface area contributed by atoms with Gasteiger partial charge in [0.1, 0.15) is 0 Å². The van der Waals surface area contributed by atoms with E-state index in [0.29, 0.717) is 6.04 Å². The maximum atomic E-state index is 3.79. The van der Waals surface area contributed by atoms with Crippen molar-refractivity contribution in [1.29, 1.82) is 0 Å². The molecule has 0 bridgehead atoms. The Hall–Kier alpha value is -0.120. The van der Waals surface area contributed by atoms with Gasteiger partial charge in [-0.2, -0.15) is 0 Å². The molecule has 0 amide bonds. The summed E-state index contributed by atoms with van der Waals surface area (Å²) in [6, 6.07) is 0.715. The van der Waals surface area contributed by atoms with Crippen molar-refractivity contribution >= 4 is 0 Å². The van der Waals surface area contributed by atoms with Crippen LogP contribution in [0.4, 0.5) is 0 Å². The van der Waals surface area contributed by atoms with Gasteiger partial charge in [0.15, 0.2) is 0 Å². The standard InChI is InChI=1S/C17H35N3/c1-15(2)17(20-11-9-19(3)10-12-20)14-18-13-16-7-5-4-6-8-16/h15-18H,4-14H2,1-3H3. The van der Waals surface area contributed by atoms with E-state index in [1.165, 1.54) is 71.4 Å². The fraction of sp³-hybridized carbons (Fsp3) is 1.00. The van der Waals surface area contributed by atoms with Crippen LogP contribution in [0.15, 0.2) is 0 Å². The fourth-order valence-corrected chi connectivity index (χ4v) is 3.77.